The van der Waals surface area contributed by atoms with Crippen LogP contribution in [0.2, 0.25) is 20.1 Å². The van der Waals surface area contributed by atoms with Gasteiger partial charge < -0.3 is 9.64 Å². The molecule has 2 aliphatic rings. The van der Waals surface area contributed by atoms with Crippen molar-refractivity contribution < 1.29 is 23.9 Å². The van der Waals surface area contributed by atoms with E-state index in [-0.39, 0.29) is 61.5 Å². The Kier molecular flexibility index (Phi) is 7.13. The van der Waals surface area contributed by atoms with E-state index in [1.54, 1.807) is 4.90 Å². The molecule has 194 valence electrons. The fourth-order valence-corrected chi connectivity index (χ4v) is 5.49. The lowest BCUT2D eigenvalue weighted by Gasteiger charge is -2.17. The Morgan fingerprint density at radius 3 is 1.87 bits per heavy atom. The Balaban J connectivity index is 1.29. The highest BCUT2D eigenvalue weighted by molar-refractivity contribution is 6.56. The van der Waals surface area contributed by atoms with Crippen LogP contribution in [0.4, 0.5) is 11.4 Å². The molecule has 0 N–H and O–H groups in total. The largest absolute Gasteiger partial charge is 0.426 e. The predicted molar refractivity (Wildman–Crippen MR) is 146 cm³/mol. The number of ether oxygens (including phenoxy) is 1. The molecule has 38 heavy (non-hydrogen) atoms. The molecule has 0 radical (unpaired) electrons. The molecule has 3 aromatic rings. The molecule has 11 heteroatoms. The molecule has 0 aliphatic carbocycles. The molecule has 2 aliphatic heterocycles. The zero-order valence-electron chi connectivity index (χ0n) is 19.8. The third-order valence-electron chi connectivity index (χ3n) is 6.53. The summed E-state index contributed by atoms with van der Waals surface area (Å²) in [6.45, 7) is 2.26. The van der Waals surface area contributed by atoms with Gasteiger partial charge in [-0.15, -0.1) is 0 Å². The van der Waals surface area contributed by atoms with E-state index in [4.69, 9.17) is 51.1 Å². The van der Waals surface area contributed by atoms with Crippen molar-refractivity contribution in [2.75, 3.05) is 16.3 Å². The average molecular weight is 592 g/mol. The molecule has 1 saturated heterocycles. The van der Waals surface area contributed by atoms with Gasteiger partial charge in [-0.1, -0.05) is 65.5 Å². The first-order valence-electron chi connectivity index (χ1n) is 11.6. The Hall–Kier alpha value is -3.10. The predicted octanol–water partition coefficient (Wildman–Crippen LogP) is 6.62. The Bertz CT molecular complexity index is 1460. The summed E-state index contributed by atoms with van der Waals surface area (Å²) in [6.07, 6.45) is 0.924. The van der Waals surface area contributed by atoms with E-state index < -0.39 is 23.7 Å². The first kappa shape index (κ1) is 26.5. The van der Waals surface area contributed by atoms with Crippen LogP contribution >= 0.6 is 46.4 Å². The van der Waals surface area contributed by atoms with Gasteiger partial charge in [-0.25, -0.2) is 4.90 Å². The minimum Gasteiger partial charge on any atom is -0.426 e. The molecule has 0 aromatic heterocycles. The minimum absolute atomic E-state index is 0.0358. The maximum Gasteiger partial charge on any atom is 0.316 e. The smallest absolute Gasteiger partial charge is 0.316 e. The van der Waals surface area contributed by atoms with Gasteiger partial charge in [0.25, 0.3) is 11.8 Å². The van der Waals surface area contributed by atoms with Crippen LogP contribution in [-0.4, -0.2) is 30.2 Å². The monoisotopic (exact) mass is 590 g/mol. The van der Waals surface area contributed by atoms with Gasteiger partial charge in [-0.05, 0) is 48.4 Å². The van der Waals surface area contributed by atoms with E-state index in [2.05, 4.69) is 0 Å². The number of amides is 3. The SMILES string of the molecule is CCc1ccc(N2C[C@H](C(=O)Oc3ccc(N4C(=O)c5c(Cl)c(Cl)c(Cl)c(Cl)c5C4=O)cc3)CC2=O)cc1. The molecule has 1 atom stereocenters. The van der Waals surface area contributed by atoms with Crippen molar-refractivity contribution in [2.45, 2.75) is 19.8 Å². The Morgan fingerprint density at radius 2 is 1.34 bits per heavy atom. The highest BCUT2D eigenvalue weighted by Crippen LogP contribution is 2.45. The van der Waals surface area contributed by atoms with Crippen molar-refractivity contribution in [3.8, 4) is 5.75 Å². The summed E-state index contributed by atoms with van der Waals surface area (Å²) in [4.78, 5) is 53.9. The van der Waals surface area contributed by atoms with Gasteiger partial charge in [0.15, 0.2) is 0 Å². The number of nitrogens with zero attached hydrogens (tertiary/aromatic N) is 2. The summed E-state index contributed by atoms with van der Waals surface area (Å²) in [5, 5.41) is -0.568. The van der Waals surface area contributed by atoms with Gasteiger partial charge >= 0.3 is 5.97 Å². The molecular formula is C27H18Cl4N2O5. The van der Waals surface area contributed by atoms with E-state index in [1.165, 1.54) is 24.3 Å². The molecule has 0 saturated carbocycles. The zero-order chi connectivity index (χ0) is 27.3. The van der Waals surface area contributed by atoms with Crippen molar-refractivity contribution in [3.63, 3.8) is 0 Å². The highest BCUT2D eigenvalue weighted by Gasteiger charge is 2.42. The van der Waals surface area contributed by atoms with Gasteiger partial charge in [-0.2, -0.15) is 0 Å². The average Bonchev–Trinajstić information content (AvgIpc) is 3.43. The number of aryl methyl sites for hydroxylation is 1. The number of anilines is 2. The molecule has 5 rings (SSSR count). The van der Waals surface area contributed by atoms with E-state index in [9.17, 15) is 19.2 Å². The summed E-state index contributed by atoms with van der Waals surface area (Å²) >= 11 is 24.5. The third-order valence-corrected chi connectivity index (χ3v) is 8.33. The molecule has 1 fully saturated rings. The summed E-state index contributed by atoms with van der Waals surface area (Å²) in [6, 6.07) is 13.4. The molecular weight excluding hydrogens is 574 g/mol. The second kappa shape index (κ2) is 10.2. The van der Waals surface area contributed by atoms with Crippen molar-refractivity contribution in [1.29, 1.82) is 0 Å². The number of carbonyl (C=O) groups excluding carboxylic acids is 4. The zero-order valence-corrected chi connectivity index (χ0v) is 22.8. The van der Waals surface area contributed by atoms with Crippen LogP contribution in [0.5, 0.6) is 5.75 Å². The number of rotatable bonds is 5. The fraction of sp³-hybridized carbons (Fsp3) is 0.185. The van der Waals surface area contributed by atoms with Gasteiger partial charge in [0.05, 0.1) is 42.8 Å². The second-order valence-electron chi connectivity index (χ2n) is 8.79. The van der Waals surface area contributed by atoms with E-state index in [0.717, 1.165) is 22.6 Å². The number of hydrogen-bond acceptors (Lipinski definition) is 5. The summed E-state index contributed by atoms with van der Waals surface area (Å²) < 4.78 is 5.49. The molecule has 3 aromatic carbocycles. The van der Waals surface area contributed by atoms with Crippen LogP contribution < -0.4 is 14.5 Å². The van der Waals surface area contributed by atoms with Crippen molar-refractivity contribution in [1.82, 2.24) is 0 Å². The number of halogens is 4. The van der Waals surface area contributed by atoms with Crippen LogP contribution in [0.1, 0.15) is 39.6 Å². The number of fused-ring (bicyclic) bond motifs is 1. The number of hydrogen-bond donors (Lipinski definition) is 0. The lowest BCUT2D eigenvalue weighted by Crippen LogP contribution is -2.29. The first-order valence-corrected chi connectivity index (χ1v) is 13.1. The number of carbonyl (C=O) groups is 4. The van der Waals surface area contributed by atoms with Crippen LogP contribution in [0.25, 0.3) is 0 Å². The quantitative estimate of drug-likeness (QED) is 0.109. The van der Waals surface area contributed by atoms with Crippen molar-refractivity contribution in [3.05, 3.63) is 85.3 Å². The lowest BCUT2D eigenvalue weighted by atomic mass is 10.1. The topological polar surface area (TPSA) is 84.0 Å². The van der Waals surface area contributed by atoms with E-state index >= 15 is 0 Å². The summed E-state index contributed by atoms with van der Waals surface area (Å²) in [5.41, 5.74) is 1.82. The summed E-state index contributed by atoms with van der Waals surface area (Å²) in [7, 11) is 0. The first-order chi connectivity index (χ1) is 18.1. The molecule has 0 spiro atoms. The van der Waals surface area contributed by atoms with Gasteiger partial charge in [-0.3, -0.25) is 19.2 Å². The van der Waals surface area contributed by atoms with Crippen LogP contribution in [0, 0.1) is 5.92 Å². The number of imide groups is 1. The minimum atomic E-state index is -0.711. The molecule has 3 amide bonds. The van der Waals surface area contributed by atoms with E-state index in [0.29, 0.717) is 0 Å². The third kappa shape index (κ3) is 4.43. The van der Waals surface area contributed by atoms with Crippen LogP contribution in [-0.2, 0) is 16.0 Å². The standard InChI is InChI=1S/C27H18Cl4N2O5/c1-2-13-3-5-15(6-4-13)32-12-14(11-18(32)34)27(37)38-17-9-7-16(8-10-17)33-25(35)19-20(26(33)36)22(29)24(31)23(30)21(19)28/h3-10,14H,2,11-12H2,1H3/t14-/m1/s1. The maximum absolute atomic E-state index is 13.0. The number of benzene rings is 3. The number of esters is 1. The Labute approximate surface area is 237 Å². The highest BCUT2D eigenvalue weighted by atomic mass is 35.5. The van der Waals surface area contributed by atoms with E-state index in [1.807, 2.05) is 31.2 Å². The van der Waals surface area contributed by atoms with Crippen molar-refractivity contribution >= 4 is 81.5 Å². The second-order valence-corrected chi connectivity index (χ2v) is 10.3. The lowest BCUT2D eigenvalue weighted by molar-refractivity contribution is -0.139. The van der Waals surface area contributed by atoms with Crippen molar-refractivity contribution in [2.24, 2.45) is 5.92 Å². The van der Waals surface area contributed by atoms with Crippen LogP contribution in [0.15, 0.2) is 48.5 Å². The molecule has 0 bridgehead atoms. The van der Waals surface area contributed by atoms with Gasteiger partial charge in [0.2, 0.25) is 5.91 Å². The Morgan fingerprint density at radius 1 is 0.816 bits per heavy atom. The fourth-order valence-electron chi connectivity index (χ4n) is 4.47. The summed E-state index contributed by atoms with van der Waals surface area (Å²) in [5.74, 6) is -2.58. The van der Waals surface area contributed by atoms with Crippen LogP contribution in [0.3, 0.4) is 0 Å². The molecule has 7 nitrogen and oxygen atoms in total. The van der Waals surface area contributed by atoms with Gasteiger partial charge in [0, 0.05) is 18.7 Å². The maximum atomic E-state index is 13.0. The molecule has 0 unspecified atom stereocenters. The normalized spacial score (nSPS) is 16.9. The molecule has 2 heterocycles. The van der Waals surface area contributed by atoms with Gasteiger partial charge in [0.1, 0.15) is 5.75 Å².